The molecule has 0 fully saturated rings. The lowest BCUT2D eigenvalue weighted by molar-refractivity contribution is -0.0499. The van der Waals surface area contributed by atoms with Gasteiger partial charge in [0.05, 0.1) is 12.7 Å². The van der Waals surface area contributed by atoms with Crippen LogP contribution >= 0.6 is 0 Å². The van der Waals surface area contributed by atoms with E-state index in [0.29, 0.717) is 19.6 Å². The molecule has 3 atom stereocenters. The van der Waals surface area contributed by atoms with Crippen LogP contribution in [-0.2, 0) is 18.0 Å². The van der Waals surface area contributed by atoms with Crippen molar-refractivity contribution in [1.82, 2.24) is 0 Å². The van der Waals surface area contributed by atoms with Crippen molar-refractivity contribution >= 4 is 25.0 Å². The highest BCUT2D eigenvalue weighted by molar-refractivity contribution is 6.74. The molecule has 1 aliphatic carbocycles. The Morgan fingerprint density at radius 1 is 0.865 bits per heavy atom. The first-order valence-electron chi connectivity index (χ1n) is 13.6. The van der Waals surface area contributed by atoms with E-state index in [0.717, 1.165) is 11.1 Å². The number of hydrogen-bond acceptors (Lipinski definition) is 4. The molecule has 37 heavy (non-hydrogen) atoms. The molecule has 2 aliphatic rings. The average Bonchev–Trinajstić information content (AvgIpc) is 2.93. The van der Waals surface area contributed by atoms with Crippen LogP contribution in [-0.4, -0.2) is 56.0 Å². The standard InChI is InChI=1S/C30H52O4Si3/c1-24-17-18-25-23-26(32-36(11,12)28(2,3)4)27(33-37(13,14)29(5,6)7)30(25,34-35(8,9)10)20-15-16-21-31-22-19-24/h19,23,26-27H,20-22H2,1-14H3/b24-19+/t26-,27+,30?/m1/s1. The molecule has 0 spiro atoms. The monoisotopic (exact) mass is 560 g/mol. The summed E-state index contributed by atoms with van der Waals surface area (Å²) in [6, 6.07) is 0. The Hall–Kier alpha value is -0.909. The molecule has 0 aromatic rings. The molecule has 1 aliphatic heterocycles. The van der Waals surface area contributed by atoms with Crippen LogP contribution in [0.1, 0.15) is 54.9 Å². The average molecular weight is 561 g/mol. The summed E-state index contributed by atoms with van der Waals surface area (Å²) in [5, 5.41) is 0.0991. The number of fused-ring (bicyclic) bond motifs is 1. The summed E-state index contributed by atoms with van der Waals surface area (Å²) >= 11 is 0. The van der Waals surface area contributed by atoms with Gasteiger partial charge in [0.25, 0.3) is 0 Å². The van der Waals surface area contributed by atoms with E-state index in [9.17, 15) is 0 Å². The van der Waals surface area contributed by atoms with E-state index in [2.05, 4.69) is 117 Å². The number of ether oxygens (including phenoxy) is 1. The third kappa shape index (κ3) is 8.05. The van der Waals surface area contributed by atoms with Gasteiger partial charge in [-0.3, -0.25) is 0 Å². The fraction of sp³-hybridized carbons (Fsp3) is 0.733. The second kappa shape index (κ2) is 11.3. The first-order chi connectivity index (χ1) is 16.6. The SMILES string of the molecule is C/C1=C\COCC#CCC2(O[Si](C)(C)C)C(=C[C@@H](O[Si](C)(C)C(C)(C)C)[C@@H]2O[Si](C)(C)C(C)(C)C)C#C1. The molecule has 0 bridgehead atoms. The van der Waals surface area contributed by atoms with Crippen LogP contribution < -0.4 is 0 Å². The quantitative estimate of drug-likeness (QED) is 0.247. The molecule has 208 valence electrons. The number of hydrogen-bond donors (Lipinski definition) is 0. The highest BCUT2D eigenvalue weighted by Gasteiger charge is 2.58. The molecular formula is C30H52O4Si3. The highest BCUT2D eigenvalue weighted by atomic mass is 28.4. The number of allylic oxidation sites excluding steroid dienone is 1. The van der Waals surface area contributed by atoms with Crippen LogP contribution in [0, 0.1) is 23.7 Å². The third-order valence-corrected chi connectivity index (χ3v) is 18.0. The van der Waals surface area contributed by atoms with Gasteiger partial charge in [-0.25, -0.2) is 0 Å². The summed E-state index contributed by atoms with van der Waals surface area (Å²) in [5.74, 6) is 13.5. The summed E-state index contributed by atoms with van der Waals surface area (Å²) < 4.78 is 27.3. The van der Waals surface area contributed by atoms with Crippen molar-refractivity contribution < 1.29 is 18.0 Å². The molecule has 2 rings (SSSR count). The van der Waals surface area contributed by atoms with Gasteiger partial charge in [-0.05, 0) is 80.6 Å². The normalized spacial score (nSPS) is 27.3. The summed E-state index contributed by atoms with van der Waals surface area (Å²) in [6.45, 7) is 32.5. The molecule has 0 saturated carbocycles. The molecule has 0 amide bonds. The first-order valence-corrected chi connectivity index (χ1v) is 22.8. The Morgan fingerprint density at radius 2 is 1.43 bits per heavy atom. The van der Waals surface area contributed by atoms with E-state index in [1.165, 1.54) is 0 Å². The van der Waals surface area contributed by atoms with Crippen molar-refractivity contribution in [2.45, 2.75) is 129 Å². The van der Waals surface area contributed by atoms with E-state index in [-0.39, 0.29) is 22.3 Å². The van der Waals surface area contributed by atoms with E-state index < -0.39 is 30.6 Å². The molecule has 0 N–H and O–H groups in total. The van der Waals surface area contributed by atoms with Crippen molar-refractivity contribution in [2.75, 3.05) is 13.2 Å². The maximum Gasteiger partial charge on any atom is 0.193 e. The molecule has 0 saturated heterocycles. The zero-order valence-corrected chi connectivity index (χ0v) is 29.1. The van der Waals surface area contributed by atoms with Gasteiger partial charge in [0.15, 0.2) is 25.0 Å². The highest BCUT2D eigenvalue weighted by Crippen LogP contribution is 2.49. The maximum atomic E-state index is 7.30. The minimum Gasteiger partial charge on any atom is -0.408 e. The second-order valence-electron chi connectivity index (χ2n) is 14.5. The second-order valence-corrected chi connectivity index (χ2v) is 28.4. The molecule has 7 heteroatoms. The van der Waals surface area contributed by atoms with E-state index in [1.807, 2.05) is 13.0 Å². The number of rotatable bonds is 6. The zero-order chi connectivity index (χ0) is 28.5. The van der Waals surface area contributed by atoms with Crippen molar-refractivity contribution in [3.05, 3.63) is 23.3 Å². The molecular weight excluding hydrogens is 509 g/mol. The lowest BCUT2D eigenvalue weighted by atomic mass is 9.89. The van der Waals surface area contributed by atoms with Crippen LogP contribution in [0.5, 0.6) is 0 Å². The maximum absolute atomic E-state index is 7.30. The van der Waals surface area contributed by atoms with E-state index in [4.69, 9.17) is 18.0 Å². The molecule has 0 aromatic heterocycles. The van der Waals surface area contributed by atoms with Crippen molar-refractivity contribution in [3.63, 3.8) is 0 Å². The van der Waals surface area contributed by atoms with Gasteiger partial charge in [-0.1, -0.05) is 65.2 Å². The van der Waals surface area contributed by atoms with E-state index in [1.54, 1.807) is 0 Å². The molecule has 0 radical (unpaired) electrons. The van der Waals surface area contributed by atoms with Crippen LogP contribution in [0.2, 0.25) is 55.9 Å². The largest absolute Gasteiger partial charge is 0.408 e. The van der Waals surface area contributed by atoms with Gasteiger partial charge in [-0.2, -0.15) is 0 Å². The molecule has 1 unspecified atom stereocenters. The molecule has 4 nitrogen and oxygen atoms in total. The van der Waals surface area contributed by atoms with Gasteiger partial charge in [-0.15, -0.1) is 0 Å². The predicted molar refractivity (Wildman–Crippen MR) is 164 cm³/mol. The Bertz CT molecular complexity index is 1010. The van der Waals surface area contributed by atoms with Gasteiger partial charge < -0.3 is 18.0 Å². The van der Waals surface area contributed by atoms with Gasteiger partial charge in [0.2, 0.25) is 0 Å². The van der Waals surface area contributed by atoms with Crippen LogP contribution in [0.3, 0.4) is 0 Å². The third-order valence-electron chi connectivity index (χ3n) is 8.05. The predicted octanol–water partition coefficient (Wildman–Crippen LogP) is 7.67. The Kier molecular flexibility index (Phi) is 9.86. The lowest BCUT2D eigenvalue weighted by Crippen LogP contribution is -2.60. The minimum absolute atomic E-state index is 0.0353. The Balaban J connectivity index is 2.82. The summed E-state index contributed by atoms with van der Waals surface area (Å²) in [6.07, 6.45) is 4.16. The topological polar surface area (TPSA) is 36.9 Å². The summed E-state index contributed by atoms with van der Waals surface area (Å²) in [5.41, 5.74) is 1.14. The van der Waals surface area contributed by atoms with Crippen LogP contribution in [0.25, 0.3) is 0 Å². The summed E-state index contributed by atoms with van der Waals surface area (Å²) in [4.78, 5) is 0. The fourth-order valence-corrected chi connectivity index (χ4v) is 7.80. The van der Waals surface area contributed by atoms with Crippen molar-refractivity contribution in [2.24, 2.45) is 0 Å². The van der Waals surface area contributed by atoms with Gasteiger partial charge in [0.1, 0.15) is 18.3 Å². The first kappa shape index (κ1) is 32.3. The van der Waals surface area contributed by atoms with E-state index >= 15 is 0 Å². The summed E-state index contributed by atoms with van der Waals surface area (Å²) in [7, 11) is -6.41. The van der Waals surface area contributed by atoms with Crippen LogP contribution in [0.4, 0.5) is 0 Å². The lowest BCUT2D eigenvalue weighted by Gasteiger charge is -2.48. The molecule has 0 aromatic carbocycles. The minimum atomic E-state index is -2.21. The Morgan fingerprint density at radius 3 is 1.97 bits per heavy atom. The van der Waals surface area contributed by atoms with Crippen molar-refractivity contribution in [1.29, 1.82) is 0 Å². The van der Waals surface area contributed by atoms with Gasteiger partial charge >= 0.3 is 0 Å². The van der Waals surface area contributed by atoms with Gasteiger partial charge in [0, 0.05) is 12.0 Å². The Labute approximate surface area is 231 Å². The molecule has 1 heterocycles. The zero-order valence-electron chi connectivity index (χ0n) is 26.1. The van der Waals surface area contributed by atoms with Crippen LogP contribution in [0.15, 0.2) is 23.3 Å². The smallest absolute Gasteiger partial charge is 0.193 e. The fourth-order valence-electron chi connectivity index (χ4n) is 3.88. The van der Waals surface area contributed by atoms with Crippen molar-refractivity contribution in [3.8, 4) is 23.7 Å².